The van der Waals surface area contributed by atoms with Crippen molar-refractivity contribution >= 4 is 17.7 Å². The van der Waals surface area contributed by atoms with Crippen molar-refractivity contribution in [3.8, 4) is 0 Å². The molecule has 0 fully saturated rings. The quantitative estimate of drug-likeness (QED) is 0.617. The number of hydrogen-bond donors (Lipinski definition) is 2. The maximum Gasteiger partial charge on any atom is 0.242 e. The smallest absolute Gasteiger partial charge is 0.242 e. The predicted octanol–water partition coefficient (Wildman–Crippen LogP) is 3.29. The van der Waals surface area contributed by atoms with Gasteiger partial charge in [-0.15, -0.1) is 0 Å². The monoisotopic (exact) mass is 308 g/mol. The van der Waals surface area contributed by atoms with Gasteiger partial charge in [0, 0.05) is 0 Å². The lowest BCUT2D eigenvalue weighted by molar-refractivity contribution is -0.124. The topological polar surface area (TPSA) is 55.1 Å². The van der Waals surface area contributed by atoms with Crippen LogP contribution in [0, 0.1) is 0 Å². The minimum Gasteiger partial charge on any atom is -0.368 e. The summed E-state index contributed by atoms with van der Waals surface area (Å²) in [6.45, 7) is 4.94. The van der Waals surface area contributed by atoms with Gasteiger partial charge in [-0.05, 0) is 36.5 Å². The number of thioether (sulfide) groups is 1. The summed E-state index contributed by atoms with van der Waals surface area (Å²) < 4.78 is 0. The molecule has 0 spiro atoms. The van der Waals surface area contributed by atoms with Gasteiger partial charge >= 0.3 is 0 Å². The van der Waals surface area contributed by atoms with E-state index in [2.05, 4.69) is 12.2 Å². The van der Waals surface area contributed by atoms with Gasteiger partial charge in [-0.2, -0.15) is 11.8 Å². The van der Waals surface area contributed by atoms with E-state index in [1.165, 1.54) is 19.3 Å². The van der Waals surface area contributed by atoms with E-state index in [4.69, 9.17) is 5.73 Å². The number of benzene rings is 1. The van der Waals surface area contributed by atoms with Crippen LogP contribution >= 0.6 is 11.8 Å². The Balaban J connectivity index is 2.71. The average molecular weight is 308 g/mol. The highest BCUT2D eigenvalue weighted by atomic mass is 32.2. The normalized spacial score (nSPS) is 13.8. The van der Waals surface area contributed by atoms with Crippen LogP contribution in [0.5, 0.6) is 0 Å². The van der Waals surface area contributed by atoms with Crippen LogP contribution in [0.4, 0.5) is 0 Å². The molecule has 0 aromatic heterocycles. The first-order valence-electron chi connectivity index (χ1n) is 7.85. The van der Waals surface area contributed by atoms with Gasteiger partial charge in [-0.25, -0.2) is 0 Å². The molecule has 0 saturated heterocycles. The third-order valence-corrected chi connectivity index (χ3v) is 4.75. The van der Waals surface area contributed by atoms with Crippen molar-refractivity contribution in [2.24, 2.45) is 5.73 Å². The van der Waals surface area contributed by atoms with Crippen LogP contribution in [0.25, 0.3) is 0 Å². The molecule has 0 aliphatic carbocycles. The number of likely N-dealkylation sites (N-methyl/N-ethyl adjacent to an activating group) is 1. The molecule has 21 heavy (non-hydrogen) atoms. The van der Waals surface area contributed by atoms with Crippen LogP contribution in [0.15, 0.2) is 30.3 Å². The third-order valence-electron chi connectivity index (χ3n) is 3.68. The van der Waals surface area contributed by atoms with E-state index in [1.807, 2.05) is 49.0 Å². The molecule has 1 unspecified atom stereocenters. The molecule has 1 aromatic rings. The molecule has 3 nitrogen and oxygen atoms in total. The van der Waals surface area contributed by atoms with Gasteiger partial charge in [-0.1, -0.05) is 57.0 Å². The van der Waals surface area contributed by atoms with Crippen molar-refractivity contribution < 1.29 is 4.79 Å². The summed E-state index contributed by atoms with van der Waals surface area (Å²) in [6.07, 6.45) is 4.50. The fraction of sp³-hybridized carbons (Fsp3) is 0.588. The fourth-order valence-corrected chi connectivity index (χ4v) is 3.56. The zero-order valence-electron chi connectivity index (χ0n) is 13.2. The van der Waals surface area contributed by atoms with Crippen LogP contribution in [0.3, 0.4) is 0 Å². The number of nitrogens with one attached hydrogen (secondary N) is 1. The van der Waals surface area contributed by atoms with Crippen LogP contribution in [0.1, 0.15) is 45.1 Å². The first-order valence-corrected chi connectivity index (χ1v) is 9.01. The SMILES string of the molecule is CCCCCSCCC(NCC)(C(N)=O)c1ccccc1. The third kappa shape index (κ3) is 5.36. The number of rotatable bonds is 11. The molecule has 0 radical (unpaired) electrons. The molecule has 0 saturated carbocycles. The van der Waals surface area contributed by atoms with Crippen molar-refractivity contribution in [3.63, 3.8) is 0 Å². The molecule has 0 aliphatic heterocycles. The Bertz CT molecular complexity index is 411. The molecular formula is C17H28N2OS. The lowest BCUT2D eigenvalue weighted by atomic mass is 9.86. The predicted molar refractivity (Wildman–Crippen MR) is 92.5 cm³/mol. The van der Waals surface area contributed by atoms with E-state index in [-0.39, 0.29) is 5.91 Å². The summed E-state index contributed by atoms with van der Waals surface area (Å²) in [6, 6.07) is 9.84. The molecule has 4 heteroatoms. The van der Waals surface area contributed by atoms with Crippen molar-refractivity contribution in [1.29, 1.82) is 0 Å². The first-order chi connectivity index (χ1) is 10.2. The van der Waals surface area contributed by atoms with E-state index >= 15 is 0 Å². The van der Waals surface area contributed by atoms with E-state index in [9.17, 15) is 4.79 Å². The molecule has 0 heterocycles. The molecule has 1 amide bonds. The molecule has 118 valence electrons. The number of carbonyl (C=O) groups excluding carboxylic acids is 1. The Hall–Kier alpha value is -1.00. The lowest BCUT2D eigenvalue weighted by Crippen LogP contribution is -2.53. The maximum atomic E-state index is 12.1. The fourth-order valence-electron chi connectivity index (χ4n) is 2.49. The highest BCUT2D eigenvalue weighted by Crippen LogP contribution is 2.27. The van der Waals surface area contributed by atoms with Crippen molar-refractivity contribution in [2.45, 2.75) is 45.1 Å². The Morgan fingerprint density at radius 3 is 2.48 bits per heavy atom. The summed E-state index contributed by atoms with van der Waals surface area (Å²) in [4.78, 5) is 12.1. The van der Waals surface area contributed by atoms with Crippen molar-refractivity contribution in [3.05, 3.63) is 35.9 Å². The van der Waals surface area contributed by atoms with Crippen LogP contribution in [-0.4, -0.2) is 24.0 Å². The summed E-state index contributed by atoms with van der Waals surface area (Å²) >= 11 is 1.91. The number of unbranched alkanes of at least 4 members (excludes halogenated alkanes) is 2. The number of nitrogens with two attached hydrogens (primary N) is 1. The van der Waals surface area contributed by atoms with Crippen molar-refractivity contribution in [2.75, 3.05) is 18.1 Å². The molecule has 1 atom stereocenters. The average Bonchev–Trinajstić information content (AvgIpc) is 2.50. The highest BCUT2D eigenvalue weighted by molar-refractivity contribution is 7.99. The van der Waals surface area contributed by atoms with Gasteiger partial charge in [0.1, 0.15) is 5.54 Å². The van der Waals surface area contributed by atoms with E-state index < -0.39 is 5.54 Å². The van der Waals surface area contributed by atoms with E-state index in [0.717, 1.165) is 30.0 Å². The van der Waals surface area contributed by atoms with Crippen LogP contribution in [0.2, 0.25) is 0 Å². The molecule has 1 aromatic carbocycles. The Morgan fingerprint density at radius 1 is 1.19 bits per heavy atom. The summed E-state index contributed by atoms with van der Waals surface area (Å²) in [5.74, 6) is 1.81. The highest BCUT2D eigenvalue weighted by Gasteiger charge is 2.36. The molecule has 1 rings (SSSR count). The maximum absolute atomic E-state index is 12.1. The second-order valence-corrected chi connectivity index (χ2v) is 6.46. The molecular weight excluding hydrogens is 280 g/mol. The largest absolute Gasteiger partial charge is 0.368 e. The summed E-state index contributed by atoms with van der Waals surface area (Å²) in [5.41, 5.74) is 5.97. The Morgan fingerprint density at radius 2 is 1.90 bits per heavy atom. The zero-order chi connectivity index (χ0) is 15.6. The molecule has 3 N–H and O–H groups in total. The minimum atomic E-state index is -0.742. The van der Waals surface area contributed by atoms with Gasteiger partial charge in [0.2, 0.25) is 5.91 Å². The van der Waals surface area contributed by atoms with Gasteiger partial charge in [0.15, 0.2) is 0 Å². The summed E-state index contributed by atoms with van der Waals surface area (Å²) in [5, 5.41) is 3.33. The number of hydrogen-bond acceptors (Lipinski definition) is 3. The van der Waals surface area contributed by atoms with E-state index in [0.29, 0.717) is 0 Å². The first kappa shape index (κ1) is 18.1. The number of primary amides is 1. The second kappa shape index (κ2) is 9.85. The second-order valence-electron chi connectivity index (χ2n) is 5.24. The number of carbonyl (C=O) groups is 1. The number of amides is 1. The molecule has 0 aliphatic rings. The van der Waals surface area contributed by atoms with Gasteiger partial charge in [0.05, 0.1) is 0 Å². The van der Waals surface area contributed by atoms with Crippen molar-refractivity contribution in [1.82, 2.24) is 5.32 Å². The van der Waals surface area contributed by atoms with Gasteiger partial charge in [-0.3, -0.25) is 10.1 Å². The zero-order valence-corrected chi connectivity index (χ0v) is 14.0. The standard InChI is InChI=1S/C17H28N2OS/c1-3-5-9-13-21-14-12-17(16(18)20,19-4-2)15-10-7-6-8-11-15/h6-8,10-11,19H,3-5,9,12-14H2,1-2H3,(H2,18,20). The molecule has 0 bridgehead atoms. The van der Waals surface area contributed by atoms with Gasteiger partial charge in [0.25, 0.3) is 0 Å². The van der Waals surface area contributed by atoms with E-state index in [1.54, 1.807) is 0 Å². The Labute approximate surface area is 133 Å². The minimum absolute atomic E-state index is 0.287. The van der Waals surface area contributed by atoms with Gasteiger partial charge < -0.3 is 5.73 Å². The van der Waals surface area contributed by atoms with Crippen LogP contribution in [-0.2, 0) is 10.3 Å². The summed E-state index contributed by atoms with van der Waals surface area (Å²) in [7, 11) is 0. The Kier molecular flexibility index (Phi) is 8.47. The lowest BCUT2D eigenvalue weighted by Gasteiger charge is -2.32. The van der Waals surface area contributed by atoms with Crippen LogP contribution < -0.4 is 11.1 Å².